The standard InChI is InChI=1S/C14H15NO4S/c1-2-5-18-10-3-4-12(14(16)17)13(6-10)19-8-11-7-15-9-20-11/h3-4,6-7,9H,2,5,8H2,1H3,(H,16,17). The molecule has 0 aliphatic carbocycles. The number of hydrogen-bond donors (Lipinski definition) is 1. The summed E-state index contributed by atoms with van der Waals surface area (Å²) in [5.41, 5.74) is 1.83. The van der Waals surface area contributed by atoms with E-state index < -0.39 is 5.97 Å². The molecule has 1 N–H and O–H groups in total. The van der Waals surface area contributed by atoms with Gasteiger partial charge in [-0.15, -0.1) is 11.3 Å². The fraction of sp³-hybridized carbons (Fsp3) is 0.286. The number of aromatic carboxylic acids is 1. The summed E-state index contributed by atoms with van der Waals surface area (Å²) >= 11 is 1.46. The first kappa shape index (κ1) is 14.3. The van der Waals surface area contributed by atoms with E-state index in [1.54, 1.807) is 23.8 Å². The van der Waals surface area contributed by atoms with Gasteiger partial charge in [-0.1, -0.05) is 6.92 Å². The molecule has 0 aliphatic rings. The van der Waals surface area contributed by atoms with Crippen LogP contribution in [0.3, 0.4) is 0 Å². The van der Waals surface area contributed by atoms with Gasteiger partial charge in [0.05, 0.1) is 17.0 Å². The minimum atomic E-state index is -1.02. The minimum absolute atomic E-state index is 0.123. The normalized spacial score (nSPS) is 10.2. The number of carbonyl (C=O) groups is 1. The van der Waals surface area contributed by atoms with E-state index in [-0.39, 0.29) is 5.56 Å². The summed E-state index contributed by atoms with van der Waals surface area (Å²) in [6.07, 6.45) is 2.58. The molecule has 106 valence electrons. The van der Waals surface area contributed by atoms with Crippen molar-refractivity contribution in [3.8, 4) is 11.5 Å². The highest BCUT2D eigenvalue weighted by Gasteiger charge is 2.13. The van der Waals surface area contributed by atoms with Crippen molar-refractivity contribution in [2.75, 3.05) is 6.61 Å². The first-order valence-electron chi connectivity index (χ1n) is 6.21. The summed E-state index contributed by atoms with van der Waals surface area (Å²) in [6.45, 7) is 2.88. The molecule has 2 rings (SSSR count). The van der Waals surface area contributed by atoms with Crippen molar-refractivity contribution in [1.29, 1.82) is 0 Å². The Labute approximate surface area is 120 Å². The second-order valence-electron chi connectivity index (χ2n) is 4.07. The highest BCUT2D eigenvalue weighted by atomic mass is 32.1. The highest BCUT2D eigenvalue weighted by Crippen LogP contribution is 2.26. The molecule has 0 bridgehead atoms. The molecule has 6 heteroatoms. The van der Waals surface area contributed by atoms with Crippen molar-refractivity contribution in [2.24, 2.45) is 0 Å². The van der Waals surface area contributed by atoms with Crippen LogP contribution < -0.4 is 9.47 Å². The van der Waals surface area contributed by atoms with Gasteiger partial charge in [-0.2, -0.15) is 0 Å². The molecule has 0 amide bonds. The molecule has 5 nitrogen and oxygen atoms in total. The molecule has 20 heavy (non-hydrogen) atoms. The Kier molecular flexibility index (Phi) is 4.95. The largest absolute Gasteiger partial charge is 0.493 e. The number of hydrogen-bond acceptors (Lipinski definition) is 5. The number of rotatable bonds is 7. The molecule has 0 saturated heterocycles. The third-order valence-corrected chi connectivity index (χ3v) is 3.26. The number of ether oxygens (including phenoxy) is 2. The summed E-state index contributed by atoms with van der Waals surface area (Å²) < 4.78 is 11.1. The third-order valence-electron chi connectivity index (χ3n) is 2.51. The van der Waals surface area contributed by atoms with Crippen molar-refractivity contribution in [2.45, 2.75) is 20.0 Å². The zero-order valence-electron chi connectivity index (χ0n) is 11.0. The molecule has 0 unspecified atom stereocenters. The lowest BCUT2D eigenvalue weighted by Crippen LogP contribution is -2.04. The van der Waals surface area contributed by atoms with Crippen molar-refractivity contribution in [3.05, 3.63) is 40.3 Å². The van der Waals surface area contributed by atoms with Crippen molar-refractivity contribution in [1.82, 2.24) is 4.98 Å². The molecule has 1 aromatic heterocycles. The van der Waals surface area contributed by atoms with Gasteiger partial charge < -0.3 is 14.6 Å². The van der Waals surface area contributed by atoms with Crippen LogP contribution in [0, 0.1) is 0 Å². The maximum absolute atomic E-state index is 11.2. The Balaban J connectivity index is 2.15. The van der Waals surface area contributed by atoms with Gasteiger partial charge in [0.2, 0.25) is 0 Å². The Morgan fingerprint density at radius 1 is 1.40 bits per heavy atom. The average molecular weight is 293 g/mol. The molecule has 0 radical (unpaired) electrons. The van der Waals surface area contributed by atoms with Gasteiger partial charge in [0.1, 0.15) is 23.7 Å². The number of carboxylic acid groups (broad SMARTS) is 1. The van der Waals surface area contributed by atoms with Gasteiger partial charge in [-0.3, -0.25) is 4.98 Å². The van der Waals surface area contributed by atoms with Crippen LogP contribution in [0.25, 0.3) is 0 Å². The van der Waals surface area contributed by atoms with Gasteiger partial charge >= 0.3 is 5.97 Å². The zero-order valence-corrected chi connectivity index (χ0v) is 11.9. The van der Waals surface area contributed by atoms with E-state index >= 15 is 0 Å². The second-order valence-corrected chi connectivity index (χ2v) is 5.04. The Hall–Kier alpha value is -2.08. The quantitative estimate of drug-likeness (QED) is 0.849. The van der Waals surface area contributed by atoms with E-state index in [1.807, 2.05) is 6.92 Å². The molecule has 0 fully saturated rings. The predicted octanol–water partition coefficient (Wildman–Crippen LogP) is 3.21. The summed E-state index contributed by atoms with van der Waals surface area (Å²) in [7, 11) is 0. The topological polar surface area (TPSA) is 68.7 Å². The lowest BCUT2D eigenvalue weighted by Gasteiger charge is -2.11. The van der Waals surface area contributed by atoms with Crippen LogP contribution in [0.5, 0.6) is 11.5 Å². The van der Waals surface area contributed by atoms with E-state index in [1.165, 1.54) is 17.4 Å². The number of thiazole rings is 1. The van der Waals surface area contributed by atoms with Gasteiger partial charge in [0.15, 0.2) is 0 Å². The monoisotopic (exact) mass is 293 g/mol. The Bertz CT molecular complexity index is 569. The van der Waals surface area contributed by atoms with Crippen LogP contribution in [0.15, 0.2) is 29.9 Å². The van der Waals surface area contributed by atoms with E-state index in [9.17, 15) is 4.79 Å². The summed E-state index contributed by atoms with van der Waals surface area (Å²) in [5, 5.41) is 9.16. The molecule has 0 aliphatic heterocycles. The fourth-order valence-corrected chi connectivity index (χ4v) is 2.08. The van der Waals surface area contributed by atoms with Gasteiger partial charge in [0.25, 0.3) is 0 Å². The fourth-order valence-electron chi connectivity index (χ4n) is 1.57. The van der Waals surface area contributed by atoms with Gasteiger partial charge in [-0.05, 0) is 18.6 Å². The highest BCUT2D eigenvalue weighted by molar-refractivity contribution is 7.09. The van der Waals surface area contributed by atoms with Crippen molar-refractivity contribution in [3.63, 3.8) is 0 Å². The predicted molar refractivity (Wildman–Crippen MR) is 75.6 cm³/mol. The van der Waals surface area contributed by atoms with E-state index in [0.29, 0.717) is 24.7 Å². The minimum Gasteiger partial charge on any atom is -0.493 e. The first-order valence-corrected chi connectivity index (χ1v) is 7.09. The van der Waals surface area contributed by atoms with Gasteiger partial charge in [-0.25, -0.2) is 4.79 Å². The Morgan fingerprint density at radius 3 is 2.90 bits per heavy atom. The third kappa shape index (κ3) is 3.71. The first-order chi connectivity index (χ1) is 9.70. The molecule has 0 spiro atoms. The smallest absolute Gasteiger partial charge is 0.339 e. The van der Waals surface area contributed by atoms with Crippen LogP contribution in [-0.4, -0.2) is 22.7 Å². The van der Waals surface area contributed by atoms with Crippen LogP contribution in [-0.2, 0) is 6.61 Å². The van der Waals surface area contributed by atoms with Crippen LogP contribution in [0.2, 0.25) is 0 Å². The summed E-state index contributed by atoms with van der Waals surface area (Å²) in [5.74, 6) is -0.109. The molecule has 1 aromatic carbocycles. The number of benzene rings is 1. The SMILES string of the molecule is CCCOc1ccc(C(=O)O)c(OCc2cncs2)c1. The molecular formula is C14H15NO4S. The molecule has 0 saturated carbocycles. The average Bonchev–Trinajstić information content (AvgIpc) is 2.96. The molecule has 1 heterocycles. The van der Waals surface area contributed by atoms with Crippen LogP contribution >= 0.6 is 11.3 Å². The maximum Gasteiger partial charge on any atom is 0.339 e. The number of nitrogens with zero attached hydrogens (tertiary/aromatic N) is 1. The van der Waals surface area contributed by atoms with E-state index in [0.717, 1.165) is 11.3 Å². The van der Waals surface area contributed by atoms with Crippen LogP contribution in [0.1, 0.15) is 28.6 Å². The van der Waals surface area contributed by atoms with Crippen LogP contribution in [0.4, 0.5) is 0 Å². The molecular weight excluding hydrogens is 278 g/mol. The second kappa shape index (κ2) is 6.91. The van der Waals surface area contributed by atoms with Crippen molar-refractivity contribution >= 4 is 17.3 Å². The van der Waals surface area contributed by atoms with E-state index in [2.05, 4.69) is 4.98 Å². The maximum atomic E-state index is 11.2. The summed E-state index contributed by atoms with van der Waals surface area (Å²) in [6, 6.07) is 4.74. The van der Waals surface area contributed by atoms with Gasteiger partial charge in [0, 0.05) is 12.3 Å². The van der Waals surface area contributed by atoms with Crippen molar-refractivity contribution < 1.29 is 19.4 Å². The van der Waals surface area contributed by atoms with E-state index in [4.69, 9.17) is 14.6 Å². The number of carboxylic acids is 1. The summed E-state index contributed by atoms with van der Waals surface area (Å²) in [4.78, 5) is 16.1. The lowest BCUT2D eigenvalue weighted by molar-refractivity contribution is 0.0691. The Morgan fingerprint density at radius 2 is 2.25 bits per heavy atom. The molecule has 2 aromatic rings. The zero-order chi connectivity index (χ0) is 14.4. The number of aromatic nitrogens is 1. The lowest BCUT2D eigenvalue weighted by atomic mass is 10.2. The molecule has 0 atom stereocenters.